The van der Waals surface area contributed by atoms with Gasteiger partial charge in [0.2, 0.25) is 0 Å². The van der Waals surface area contributed by atoms with Gasteiger partial charge >= 0.3 is 10.1 Å². The quantitative estimate of drug-likeness (QED) is 0.368. The molecular formula is Ca2OSi. The maximum atomic E-state index is 8.06. The monoisotopic (exact) mass is 124 g/mol. The number of rotatable bonds is 0. The van der Waals surface area contributed by atoms with Crippen molar-refractivity contribution in [3.63, 3.8) is 0 Å². The van der Waals surface area contributed by atoms with Gasteiger partial charge in [-0.1, -0.05) is 0 Å². The molecule has 0 aliphatic carbocycles. The molecular weight excluding hydrogens is 124 g/mol. The van der Waals surface area contributed by atoms with Crippen LogP contribution >= 0.6 is 0 Å². The third-order valence-electron chi connectivity index (χ3n) is 0. The molecule has 0 spiro atoms. The van der Waals surface area contributed by atoms with Gasteiger partial charge in [0.15, 0.2) is 0 Å². The molecule has 0 bridgehead atoms. The van der Waals surface area contributed by atoms with Gasteiger partial charge in [-0.3, -0.25) is 0 Å². The molecule has 0 amide bonds. The molecule has 4 heteroatoms. The van der Waals surface area contributed by atoms with E-state index in [9.17, 15) is 0 Å². The van der Waals surface area contributed by atoms with Crippen molar-refractivity contribution in [1.29, 1.82) is 0 Å². The van der Waals surface area contributed by atoms with Crippen molar-refractivity contribution in [1.82, 2.24) is 0 Å². The van der Waals surface area contributed by atoms with Gasteiger partial charge in [0.1, 0.15) is 0 Å². The summed E-state index contributed by atoms with van der Waals surface area (Å²) in [6, 6.07) is 0. The Hall–Kier alpha value is 2.54. The van der Waals surface area contributed by atoms with Crippen LogP contribution in [0.25, 0.3) is 0 Å². The molecule has 0 saturated heterocycles. The number of hydrogen-bond acceptors (Lipinski definition) is 1. The van der Waals surface area contributed by atoms with Gasteiger partial charge in [-0.2, -0.15) is 0 Å². The summed E-state index contributed by atoms with van der Waals surface area (Å²) >= 11 is 0. The summed E-state index contributed by atoms with van der Waals surface area (Å²) in [4.78, 5) is 0. The number of hydrogen-bond donors (Lipinski definition) is 0. The zero-order chi connectivity index (χ0) is 2.00. The second-order valence-corrected chi connectivity index (χ2v) is 0. The van der Waals surface area contributed by atoms with Crippen LogP contribution in [0.15, 0.2) is 0 Å². The predicted molar refractivity (Wildman–Crippen MR) is 17.9 cm³/mol. The van der Waals surface area contributed by atoms with E-state index in [1.54, 1.807) is 10.1 Å². The van der Waals surface area contributed by atoms with Crippen LogP contribution in [0.3, 0.4) is 0 Å². The molecule has 0 aromatic heterocycles. The first kappa shape index (κ1) is 16.0. The van der Waals surface area contributed by atoms with Crippen LogP contribution in [-0.2, 0) is 4.46 Å². The Morgan fingerprint density at radius 1 is 1.00 bits per heavy atom. The van der Waals surface area contributed by atoms with E-state index >= 15 is 0 Å². The maximum absolute atomic E-state index is 8.06. The Morgan fingerprint density at radius 2 is 1.00 bits per heavy atom. The van der Waals surface area contributed by atoms with Gasteiger partial charge in [-0.15, -0.1) is 0 Å². The van der Waals surface area contributed by atoms with Crippen LogP contribution < -0.4 is 0 Å². The maximum Gasteiger partial charge on any atom is 0.381 e. The topological polar surface area (TPSA) is 17.1 Å². The minimum atomic E-state index is 0. The molecule has 0 unspecified atom stereocenters. The van der Waals surface area contributed by atoms with Gasteiger partial charge in [-0.25, -0.2) is 0 Å². The van der Waals surface area contributed by atoms with Crippen LogP contribution in [0.4, 0.5) is 0 Å². The smallest absolute Gasteiger partial charge is 0.381 e. The molecule has 0 saturated carbocycles. The molecule has 0 aromatic rings. The molecule has 0 heterocycles. The predicted octanol–water partition coefficient (Wildman–Crippen LogP) is -1.26. The zero-order valence-corrected chi connectivity index (χ0v) is 7.74. The average Bonchev–Trinajstić information content (AvgIpc) is 1.00. The third kappa shape index (κ3) is 8.82. The Balaban J connectivity index is -0.00000000500. The SMILES string of the molecule is O=[Si].[Ca].[Ca]. The minimum Gasteiger partial charge on any atom is -0.381 e. The fraction of sp³-hybridized carbons (Fsp3) is 0. The summed E-state index contributed by atoms with van der Waals surface area (Å²) in [5.74, 6) is 0. The molecule has 14 valence electrons. The van der Waals surface area contributed by atoms with Gasteiger partial charge in [0.25, 0.3) is 0 Å². The Bertz CT molecular complexity index is 6.00. The molecule has 6 radical (unpaired) electrons. The fourth-order valence-electron chi connectivity index (χ4n) is 0. The van der Waals surface area contributed by atoms with Crippen molar-refractivity contribution in [2.45, 2.75) is 0 Å². The van der Waals surface area contributed by atoms with Crippen molar-refractivity contribution >= 4 is 85.6 Å². The Labute approximate surface area is 88.0 Å². The third-order valence-corrected chi connectivity index (χ3v) is 0. The molecule has 0 aromatic carbocycles. The minimum absolute atomic E-state index is 0. The molecule has 0 aliphatic rings. The molecule has 1 nitrogen and oxygen atoms in total. The standard InChI is InChI=1S/2Ca.OSi/c;;1-2. The fourth-order valence-corrected chi connectivity index (χ4v) is 0. The molecule has 0 aliphatic heterocycles. The summed E-state index contributed by atoms with van der Waals surface area (Å²) in [5.41, 5.74) is 0. The van der Waals surface area contributed by atoms with E-state index in [-0.39, 0.29) is 75.5 Å². The van der Waals surface area contributed by atoms with Gasteiger partial charge in [-0.05, 0) is 0 Å². The molecule has 0 atom stereocenters. The first-order chi connectivity index (χ1) is 1.00. The van der Waals surface area contributed by atoms with E-state index in [0.717, 1.165) is 0 Å². The van der Waals surface area contributed by atoms with E-state index in [1.165, 1.54) is 0 Å². The van der Waals surface area contributed by atoms with Crippen LogP contribution in [0.1, 0.15) is 0 Å². The van der Waals surface area contributed by atoms with Gasteiger partial charge < -0.3 is 4.46 Å². The van der Waals surface area contributed by atoms with E-state index < -0.39 is 0 Å². The molecule has 4 heavy (non-hydrogen) atoms. The first-order valence-electron chi connectivity index (χ1n) is 0.204. The van der Waals surface area contributed by atoms with Crippen molar-refractivity contribution < 1.29 is 4.46 Å². The van der Waals surface area contributed by atoms with Gasteiger partial charge in [0.05, 0.1) is 0 Å². The second-order valence-electron chi connectivity index (χ2n) is 0. The van der Waals surface area contributed by atoms with Crippen molar-refractivity contribution in [2.75, 3.05) is 0 Å². The summed E-state index contributed by atoms with van der Waals surface area (Å²) < 4.78 is 8.06. The summed E-state index contributed by atoms with van der Waals surface area (Å²) in [7, 11) is 1.72. The molecule has 0 N–H and O–H groups in total. The van der Waals surface area contributed by atoms with E-state index in [1.807, 2.05) is 0 Å². The summed E-state index contributed by atoms with van der Waals surface area (Å²) in [6.07, 6.45) is 0. The van der Waals surface area contributed by atoms with Crippen molar-refractivity contribution in [3.8, 4) is 0 Å². The van der Waals surface area contributed by atoms with E-state index in [0.29, 0.717) is 0 Å². The van der Waals surface area contributed by atoms with Crippen LogP contribution in [-0.4, -0.2) is 85.6 Å². The van der Waals surface area contributed by atoms with Gasteiger partial charge in [0, 0.05) is 75.5 Å². The normalized spacial score (nSPS) is 1.00. The summed E-state index contributed by atoms with van der Waals surface area (Å²) in [6.45, 7) is 0. The van der Waals surface area contributed by atoms with Crippen LogP contribution in [0, 0.1) is 0 Å². The van der Waals surface area contributed by atoms with Crippen LogP contribution in [0.5, 0.6) is 0 Å². The van der Waals surface area contributed by atoms with E-state index in [2.05, 4.69) is 0 Å². The van der Waals surface area contributed by atoms with E-state index in [4.69, 9.17) is 4.46 Å². The summed E-state index contributed by atoms with van der Waals surface area (Å²) in [5, 5.41) is 0. The average molecular weight is 124 g/mol. The second kappa shape index (κ2) is 17.7. The molecule has 0 rings (SSSR count). The first-order valence-corrected chi connectivity index (χ1v) is 0.612. The zero-order valence-electron chi connectivity index (χ0n) is 2.32. The largest absolute Gasteiger partial charge is 0.381 e. The Morgan fingerprint density at radius 3 is 1.00 bits per heavy atom. The molecule has 0 fully saturated rings. The van der Waals surface area contributed by atoms with Crippen molar-refractivity contribution in [2.24, 2.45) is 0 Å². The van der Waals surface area contributed by atoms with Crippen LogP contribution in [0.2, 0.25) is 0 Å². The Kier molecular flexibility index (Phi) is 70.9. The van der Waals surface area contributed by atoms with Crippen molar-refractivity contribution in [3.05, 3.63) is 0 Å².